The molecule has 15 heavy (non-hydrogen) atoms. The smallest absolute Gasteiger partial charge is 0.114 e. The molecule has 0 aromatic heterocycles. The van der Waals surface area contributed by atoms with Gasteiger partial charge in [-0.15, -0.1) is 0 Å². The van der Waals surface area contributed by atoms with Crippen molar-refractivity contribution < 1.29 is 0 Å². The summed E-state index contributed by atoms with van der Waals surface area (Å²) < 4.78 is 0. The van der Waals surface area contributed by atoms with Gasteiger partial charge in [0.15, 0.2) is 0 Å². The third-order valence-corrected chi connectivity index (χ3v) is 3.38. The second-order valence-corrected chi connectivity index (χ2v) is 5.39. The quantitative estimate of drug-likeness (QED) is 0.768. The Morgan fingerprint density at radius 1 is 1.47 bits per heavy atom. The average Bonchev–Trinajstić information content (AvgIpc) is 2.18. The molecule has 0 aromatic rings. The van der Waals surface area contributed by atoms with Crippen LogP contribution in [0.3, 0.4) is 0 Å². The molecule has 0 radical (unpaired) electrons. The topological polar surface area (TPSA) is 53.0 Å². The van der Waals surface area contributed by atoms with E-state index in [4.69, 9.17) is 11.0 Å². The summed E-state index contributed by atoms with van der Waals surface area (Å²) in [5.74, 6) is 1.64. The molecule has 3 nitrogen and oxygen atoms in total. The maximum Gasteiger partial charge on any atom is 0.114 e. The summed E-state index contributed by atoms with van der Waals surface area (Å²) in [5, 5.41) is 8.86. The highest BCUT2D eigenvalue weighted by Crippen LogP contribution is 2.24. The van der Waals surface area contributed by atoms with Crippen molar-refractivity contribution in [2.75, 3.05) is 19.6 Å². The number of hydrogen-bond acceptors (Lipinski definition) is 3. The SMILES string of the molecule is CC(C)C1CCN(CC(C)(N)C#N)CC1. The van der Waals surface area contributed by atoms with E-state index in [1.165, 1.54) is 12.8 Å². The van der Waals surface area contributed by atoms with Gasteiger partial charge < -0.3 is 10.6 Å². The first-order valence-electron chi connectivity index (χ1n) is 5.87. The Bertz CT molecular complexity index is 232. The summed E-state index contributed by atoms with van der Waals surface area (Å²) in [6.45, 7) is 9.29. The highest BCUT2D eigenvalue weighted by molar-refractivity contribution is 5.03. The van der Waals surface area contributed by atoms with Crippen LogP contribution in [0.15, 0.2) is 0 Å². The fraction of sp³-hybridized carbons (Fsp3) is 0.917. The van der Waals surface area contributed by atoms with Gasteiger partial charge in [-0.05, 0) is 44.7 Å². The standard InChI is InChI=1S/C12H23N3/c1-10(2)11-4-6-15(7-5-11)9-12(3,14)8-13/h10-11H,4-7,9,14H2,1-3H3. The predicted molar refractivity (Wildman–Crippen MR) is 62.2 cm³/mol. The van der Waals surface area contributed by atoms with Crippen LogP contribution in [0.4, 0.5) is 0 Å². The molecule has 2 N–H and O–H groups in total. The minimum atomic E-state index is -0.690. The van der Waals surface area contributed by atoms with E-state index < -0.39 is 5.54 Å². The average molecular weight is 209 g/mol. The van der Waals surface area contributed by atoms with Gasteiger partial charge in [0.1, 0.15) is 5.54 Å². The second kappa shape index (κ2) is 4.96. The number of piperidine rings is 1. The molecule has 1 saturated heterocycles. The molecule has 1 heterocycles. The van der Waals surface area contributed by atoms with Crippen molar-refractivity contribution in [3.8, 4) is 6.07 Å². The second-order valence-electron chi connectivity index (χ2n) is 5.39. The number of hydrogen-bond donors (Lipinski definition) is 1. The van der Waals surface area contributed by atoms with Crippen LogP contribution in [0.5, 0.6) is 0 Å². The lowest BCUT2D eigenvalue weighted by Gasteiger charge is -2.36. The zero-order chi connectivity index (χ0) is 11.5. The summed E-state index contributed by atoms with van der Waals surface area (Å²) in [7, 11) is 0. The van der Waals surface area contributed by atoms with Crippen molar-refractivity contribution in [1.29, 1.82) is 5.26 Å². The van der Waals surface area contributed by atoms with Crippen LogP contribution in [0.2, 0.25) is 0 Å². The minimum absolute atomic E-state index is 0.690. The molecule has 0 amide bonds. The zero-order valence-corrected chi connectivity index (χ0v) is 10.2. The molecule has 0 spiro atoms. The third-order valence-electron chi connectivity index (χ3n) is 3.38. The Kier molecular flexibility index (Phi) is 4.12. The molecule has 1 aliphatic rings. The largest absolute Gasteiger partial charge is 0.313 e. The van der Waals surface area contributed by atoms with Crippen molar-refractivity contribution in [3.05, 3.63) is 0 Å². The van der Waals surface area contributed by atoms with Crippen LogP contribution in [-0.2, 0) is 0 Å². The Balaban J connectivity index is 2.36. The molecule has 1 rings (SSSR count). The van der Waals surface area contributed by atoms with E-state index in [9.17, 15) is 0 Å². The highest BCUT2D eigenvalue weighted by atomic mass is 15.1. The van der Waals surface area contributed by atoms with E-state index in [-0.39, 0.29) is 0 Å². The lowest BCUT2D eigenvalue weighted by atomic mass is 9.86. The first-order chi connectivity index (χ1) is 6.94. The molecule has 0 aliphatic carbocycles. The van der Waals surface area contributed by atoms with Gasteiger partial charge >= 0.3 is 0 Å². The number of nitriles is 1. The molecule has 0 bridgehead atoms. The van der Waals surface area contributed by atoms with Crippen LogP contribution in [0.1, 0.15) is 33.6 Å². The zero-order valence-electron chi connectivity index (χ0n) is 10.2. The summed E-state index contributed by atoms with van der Waals surface area (Å²) in [5.41, 5.74) is 5.15. The van der Waals surface area contributed by atoms with Crippen molar-refractivity contribution >= 4 is 0 Å². The third kappa shape index (κ3) is 3.81. The van der Waals surface area contributed by atoms with E-state index in [0.29, 0.717) is 6.54 Å². The van der Waals surface area contributed by atoms with Gasteiger partial charge in [0.05, 0.1) is 6.07 Å². The van der Waals surface area contributed by atoms with Crippen LogP contribution in [-0.4, -0.2) is 30.1 Å². The van der Waals surface area contributed by atoms with Crippen molar-refractivity contribution in [2.45, 2.75) is 39.2 Å². The maximum atomic E-state index is 8.86. The van der Waals surface area contributed by atoms with E-state index in [0.717, 1.165) is 24.9 Å². The van der Waals surface area contributed by atoms with Crippen molar-refractivity contribution in [2.24, 2.45) is 17.6 Å². The maximum absolute atomic E-state index is 8.86. The van der Waals surface area contributed by atoms with Crippen LogP contribution in [0, 0.1) is 23.2 Å². The molecule has 1 atom stereocenters. The van der Waals surface area contributed by atoms with Gasteiger partial charge in [0.25, 0.3) is 0 Å². The summed E-state index contributed by atoms with van der Waals surface area (Å²) in [6, 6.07) is 2.16. The monoisotopic (exact) mass is 209 g/mol. The van der Waals surface area contributed by atoms with Gasteiger partial charge in [-0.1, -0.05) is 13.8 Å². The number of rotatable bonds is 3. The molecular weight excluding hydrogens is 186 g/mol. The number of nitrogens with two attached hydrogens (primary N) is 1. The summed E-state index contributed by atoms with van der Waals surface area (Å²) >= 11 is 0. The lowest BCUT2D eigenvalue weighted by Crippen LogP contribution is -2.49. The first-order valence-corrected chi connectivity index (χ1v) is 5.87. The molecule has 1 aliphatic heterocycles. The van der Waals surface area contributed by atoms with Crippen LogP contribution in [0.25, 0.3) is 0 Å². The van der Waals surface area contributed by atoms with Gasteiger partial charge in [-0.25, -0.2) is 0 Å². The fourth-order valence-electron chi connectivity index (χ4n) is 2.28. The Morgan fingerprint density at radius 3 is 2.40 bits per heavy atom. The molecule has 1 fully saturated rings. The Labute approximate surface area is 93.2 Å². The van der Waals surface area contributed by atoms with E-state index in [1.54, 1.807) is 0 Å². The fourth-order valence-corrected chi connectivity index (χ4v) is 2.28. The summed E-state index contributed by atoms with van der Waals surface area (Å²) in [6.07, 6.45) is 2.50. The normalized spacial score (nSPS) is 23.7. The molecule has 1 unspecified atom stereocenters. The molecule has 0 saturated carbocycles. The van der Waals surface area contributed by atoms with Crippen molar-refractivity contribution in [1.82, 2.24) is 4.90 Å². The molecule has 86 valence electrons. The highest BCUT2D eigenvalue weighted by Gasteiger charge is 2.26. The van der Waals surface area contributed by atoms with Gasteiger partial charge in [0.2, 0.25) is 0 Å². The van der Waals surface area contributed by atoms with Gasteiger partial charge in [-0.3, -0.25) is 0 Å². The summed E-state index contributed by atoms with van der Waals surface area (Å²) in [4.78, 5) is 2.32. The molecule has 3 heteroatoms. The Hall–Kier alpha value is -0.590. The lowest BCUT2D eigenvalue weighted by molar-refractivity contribution is 0.144. The number of likely N-dealkylation sites (tertiary alicyclic amines) is 1. The molecular formula is C12H23N3. The van der Waals surface area contributed by atoms with Crippen LogP contribution >= 0.6 is 0 Å². The van der Waals surface area contributed by atoms with Crippen LogP contribution < -0.4 is 5.73 Å². The van der Waals surface area contributed by atoms with E-state index >= 15 is 0 Å². The first kappa shape index (κ1) is 12.5. The molecule has 0 aromatic carbocycles. The Morgan fingerprint density at radius 2 is 2.00 bits per heavy atom. The minimum Gasteiger partial charge on any atom is -0.313 e. The predicted octanol–water partition coefficient (Wildman–Crippen LogP) is 1.60. The van der Waals surface area contributed by atoms with E-state index in [2.05, 4.69) is 24.8 Å². The van der Waals surface area contributed by atoms with E-state index in [1.807, 2.05) is 6.92 Å². The van der Waals surface area contributed by atoms with Gasteiger partial charge in [-0.2, -0.15) is 5.26 Å². The van der Waals surface area contributed by atoms with Gasteiger partial charge in [0, 0.05) is 6.54 Å². The van der Waals surface area contributed by atoms with Crippen molar-refractivity contribution in [3.63, 3.8) is 0 Å². The number of nitrogens with zero attached hydrogens (tertiary/aromatic N) is 2.